The Labute approximate surface area is 156 Å². The van der Waals surface area contributed by atoms with Crippen molar-refractivity contribution in [1.29, 1.82) is 0 Å². The predicted molar refractivity (Wildman–Crippen MR) is 102 cm³/mol. The van der Waals surface area contributed by atoms with Crippen molar-refractivity contribution >= 4 is 17.7 Å². The largest absolute Gasteiger partial charge is 0.348 e. The predicted octanol–water partition coefficient (Wildman–Crippen LogP) is 3.17. The van der Waals surface area contributed by atoms with E-state index in [0.29, 0.717) is 18.7 Å². The summed E-state index contributed by atoms with van der Waals surface area (Å²) >= 11 is 0. The van der Waals surface area contributed by atoms with Crippen LogP contribution in [0.4, 0.5) is 5.69 Å². The molecule has 7 nitrogen and oxygen atoms in total. The van der Waals surface area contributed by atoms with Crippen molar-refractivity contribution in [2.24, 2.45) is 0 Å². The number of hydrogen-bond donors (Lipinski definition) is 1. The lowest BCUT2D eigenvalue weighted by molar-refractivity contribution is -0.384. The molecule has 3 aromatic rings. The number of nitrogens with zero attached hydrogens (tertiary/aromatic N) is 3. The van der Waals surface area contributed by atoms with Crippen LogP contribution >= 0.6 is 0 Å². The summed E-state index contributed by atoms with van der Waals surface area (Å²) in [4.78, 5) is 22.2. The normalized spacial score (nSPS) is 10.8. The molecule has 0 aliphatic heterocycles. The number of hydrogen-bond acceptors (Lipinski definition) is 4. The lowest BCUT2D eigenvalue weighted by Crippen LogP contribution is -2.20. The van der Waals surface area contributed by atoms with Gasteiger partial charge >= 0.3 is 0 Å². The first-order valence-electron chi connectivity index (χ1n) is 8.36. The van der Waals surface area contributed by atoms with Crippen molar-refractivity contribution in [3.63, 3.8) is 0 Å². The molecule has 27 heavy (non-hydrogen) atoms. The standard InChI is InChI=1S/C20H18N4O3/c25-20(10-9-16-3-1-4-19(13-16)24(26)27)21-14-17-5-7-18(8-6-17)15-23-12-2-11-22-23/h1-13H,14-15H2,(H,21,25). The first-order chi connectivity index (χ1) is 13.1. The molecule has 0 saturated heterocycles. The number of nitro groups is 1. The molecule has 0 aliphatic rings. The van der Waals surface area contributed by atoms with Crippen LogP contribution in [0.2, 0.25) is 0 Å². The second-order valence-electron chi connectivity index (χ2n) is 5.92. The van der Waals surface area contributed by atoms with E-state index in [1.54, 1.807) is 24.4 Å². The van der Waals surface area contributed by atoms with E-state index in [2.05, 4.69) is 10.4 Å². The third kappa shape index (κ3) is 5.37. The van der Waals surface area contributed by atoms with Gasteiger partial charge in [0, 0.05) is 37.1 Å². The van der Waals surface area contributed by atoms with Gasteiger partial charge in [0.05, 0.1) is 11.5 Å². The number of carbonyl (C=O) groups excluding carboxylic acids is 1. The highest BCUT2D eigenvalue weighted by Gasteiger charge is 2.04. The lowest BCUT2D eigenvalue weighted by Gasteiger charge is -2.05. The summed E-state index contributed by atoms with van der Waals surface area (Å²) < 4.78 is 1.84. The minimum absolute atomic E-state index is 0.00670. The number of rotatable bonds is 7. The Morgan fingerprint density at radius 1 is 1.15 bits per heavy atom. The molecule has 7 heteroatoms. The van der Waals surface area contributed by atoms with Gasteiger partial charge in [0.25, 0.3) is 5.69 Å². The average Bonchev–Trinajstić information content (AvgIpc) is 3.19. The van der Waals surface area contributed by atoms with Crippen molar-refractivity contribution in [1.82, 2.24) is 15.1 Å². The molecular formula is C20H18N4O3. The molecule has 0 radical (unpaired) electrons. The summed E-state index contributed by atoms with van der Waals surface area (Å²) in [5, 5.41) is 17.7. The Hall–Kier alpha value is -3.74. The average molecular weight is 362 g/mol. The Bertz CT molecular complexity index is 948. The highest BCUT2D eigenvalue weighted by molar-refractivity contribution is 5.91. The maximum Gasteiger partial charge on any atom is 0.270 e. The molecule has 1 heterocycles. The number of nitro benzene ring substituents is 1. The van der Waals surface area contributed by atoms with E-state index in [1.165, 1.54) is 18.2 Å². The molecule has 0 spiro atoms. The van der Waals surface area contributed by atoms with Gasteiger partial charge in [-0.3, -0.25) is 19.6 Å². The fourth-order valence-electron chi connectivity index (χ4n) is 2.51. The monoisotopic (exact) mass is 362 g/mol. The van der Waals surface area contributed by atoms with Crippen molar-refractivity contribution in [2.45, 2.75) is 13.1 Å². The number of carbonyl (C=O) groups is 1. The summed E-state index contributed by atoms with van der Waals surface area (Å²) in [5.41, 5.74) is 2.70. The molecule has 0 bridgehead atoms. The number of benzene rings is 2. The van der Waals surface area contributed by atoms with Crippen LogP contribution in [0.1, 0.15) is 16.7 Å². The van der Waals surface area contributed by atoms with Gasteiger partial charge < -0.3 is 5.32 Å². The van der Waals surface area contributed by atoms with Gasteiger partial charge in [-0.25, -0.2) is 0 Å². The smallest absolute Gasteiger partial charge is 0.270 e. The van der Waals surface area contributed by atoms with Crippen molar-refractivity contribution in [2.75, 3.05) is 0 Å². The second kappa shape index (κ2) is 8.57. The van der Waals surface area contributed by atoms with Gasteiger partial charge in [-0.1, -0.05) is 36.4 Å². The Morgan fingerprint density at radius 3 is 2.63 bits per heavy atom. The van der Waals surface area contributed by atoms with E-state index in [9.17, 15) is 14.9 Å². The summed E-state index contributed by atoms with van der Waals surface area (Å²) in [6, 6.07) is 15.9. The van der Waals surface area contributed by atoms with Crippen LogP contribution in [-0.2, 0) is 17.9 Å². The van der Waals surface area contributed by atoms with Gasteiger partial charge in [-0.05, 0) is 28.8 Å². The molecule has 0 saturated carbocycles. The molecular weight excluding hydrogens is 344 g/mol. The van der Waals surface area contributed by atoms with Gasteiger partial charge in [-0.2, -0.15) is 5.10 Å². The molecule has 0 atom stereocenters. The molecule has 0 unspecified atom stereocenters. The zero-order chi connectivity index (χ0) is 19.1. The first kappa shape index (κ1) is 18.1. The zero-order valence-corrected chi connectivity index (χ0v) is 14.5. The van der Waals surface area contributed by atoms with Crippen molar-refractivity contribution < 1.29 is 9.72 Å². The van der Waals surface area contributed by atoms with E-state index in [-0.39, 0.29) is 11.6 Å². The topological polar surface area (TPSA) is 90.1 Å². The lowest BCUT2D eigenvalue weighted by atomic mass is 10.1. The summed E-state index contributed by atoms with van der Waals surface area (Å²) in [6.45, 7) is 1.10. The molecule has 0 fully saturated rings. The minimum Gasteiger partial charge on any atom is -0.348 e. The Morgan fingerprint density at radius 2 is 1.93 bits per heavy atom. The summed E-state index contributed by atoms with van der Waals surface area (Å²) in [6.07, 6.45) is 6.56. The molecule has 1 amide bonds. The summed E-state index contributed by atoms with van der Waals surface area (Å²) in [7, 11) is 0. The van der Waals surface area contributed by atoms with Crippen LogP contribution in [0.25, 0.3) is 6.08 Å². The second-order valence-corrected chi connectivity index (χ2v) is 5.92. The van der Waals surface area contributed by atoms with E-state index in [1.807, 2.05) is 41.2 Å². The van der Waals surface area contributed by atoms with Crippen LogP contribution in [0, 0.1) is 10.1 Å². The molecule has 1 N–H and O–H groups in total. The first-order valence-corrected chi connectivity index (χ1v) is 8.36. The Balaban J connectivity index is 1.51. The number of non-ortho nitro benzene ring substituents is 1. The third-order valence-electron chi connectivity index (χ3n) is 3.90. The van der Waals surface area contributed by atoms with Gasteiger partial charge in [0.1, 0.15) is 0 Å². The number of aromatic nitrogens is 2. The van der Waals surface area contributed by atoms with Crippen LogP contribution in [-0.4, -0.2) is 20.6 Å². The van der Waals surface area contributed by atoms with Crippen LogP contribution < -0.4 is 5.32 Å². The van der Waals surface area contributed by atoms with Gasteiger partial charge in [-0.15, -0.1) is 0 Å². The van der Waals surface area contributed by atoms with E-state index < -0.39 is 4.92 Å². The fourth-order valence-corrected chi connectivity index (χ4v) is 2.51. The fraction of sp³-hybridized carbons (Fsp3) is 0.100. The molecule has 136 valence electrons. The number of nitrogens with one attached hydrogen (secondary N) is 1. The quantitative estimate of drug-likeness (QED) is 0.397. The van der Waals surface area contributed by atoms with E-state index >= 15 is 0 Å². The SMILES string of the molecule is O=C(C=Cc1cccc([N+](=O)[O-])c1)NCc1ccc(Cn2cccn2)cc1. The van der Waals surface area contributed by atoms with Crippen LogP contribution in [0.15, 0.2) is 73.1 Å². The Kier molecular flexibility index (Phi) is 5.73. The highest BCUT2D eigenvalue weighted by Crippen LogP contribution is 2.14. The maximum absolute atomic E-state index is 11.9. The van der Waals surface area contributed by atoms with Crippen molar-refractivity contribution in [3.8, 4) is 0 Å². The van der Waals surface area contributed by atoms with E-state index in [4.69, 9.17) is 0 Å². The van der Waals surface area contributed by atoms with Gasteiger partial charge in [0.15, 0.2) is 0 Å². The van der Waals surface area contributed by atoms with Gasteiger partial charge in [0.2, 0.25) is 5.91 Å². The molecule has 2 aromatic carbocycles. The highest BCUT2D eigenvalue weighted by atomic mass is 16.6. The third-order valence-corrected chi connectivity index (χ3v) is 3.90. The number of amides is 1. The summed E-state index contributed by atoms with van der Waals surface area (Å²) in [5.74, 6) is -0.262. The van der Waals surface area contributed by atoms with Crippen LogP contribution in [0.5, 0.6) is 0 Å². The van der Waals surface area contributed by atoms with Crippen LogP contribution in [0.3, 0.4) is 0 Å². The molecule has 0 aliphatic carbocycles. The molecule has 1 aromatic heterocycles. The van der Waals surface area contributed by atoms with Crippen molar-refractivity contribution in [3.05, 3.63) is 99.9 Å². The zero-order valence-electron chi connectivity index (χ0n) is 14.5. The minimum atomic E-state index is -0.465. The van der Waals surface area contributed by atoms with E-state index in [0.717, 1.165) is 11.1 Å². The molecule has 3 rings (SSSR count). The maximum atomic E-state index is 11.9.